The summed E-state index contributed by atoms with van der Waals surface area (Å²) in [4.78, 5) is 26.2. The van der Waals surface area contributed by atoms with Gasteiger partial charge in [-0.2, -0.15) is 0 Å². The molecule has 372 valence electrons. The number of carbonyl (C=O) groups is 2. The summed E-state index contributed by atoms with van der Waals surface area (Å²) in [6, 6.07) is -0.698. The normalized spacial score (nSPS) is 13.3. The van der Waals surface area contributed by atoms with Crippen molar-refractivity contribution < 1.29 is 24.5 Å². The van der Waals surface area contributed by atoms with Gasteiger partial charge in [-0.15, -0.1) is 0 Å². The highest BCUT2D eigenvalue weighted by Gasteiger charge is 2.24. The number of hydrogen-bond acceptors (Lipinski definition) is 5. The summed E-state index contributed by atoms with van der Waals surface area (Å²) in [6.45, 7) is 6.49. The molecule has 0 aliphatic carbocycles. The quantitative estimate of drug-likeness (QED) is 0.0321. The minimum Gasteiger partial charge on any atom is -0.462 e. The van der Waals surface area contributed by atoms with Crippen LogP contribution >= 0.6 is 0 Å². The summed E-state index contributed by atoms with van der Waals surface area (Å²) >= 11 is 0. The highest BCUT2D eigenvalue weighted by Crippen LogP contribution is 2.19. The number of aliphatic hydroxyl groups is 2. The largest absolute Gasteiger partial charge is 0.462 e. The van der Waals surface area contributed by atoms with Crippen molar-refractivity contribution in [1.82, 2.24) is 5.32 Å². The van der Waals surface area contributed by atoms with Crippen molar-refractivity contribution in [2.75, 3.05) is 6.61 Å². The second-order valence-electron chi connectivity index (χ2n) is 19.3. The van der Waals surface area contributed by atoms with Crippen molar-refractivity contribution in [2.24, 2.45) is 0 Å². The topological polar surface area (TPSA) is 95.9 Å². The first-order chi connectivity index (χ1) is 31.0. The molecule has 0 heterocycles. The van der Waals surface area contributed by atoms with Gasteiger partial charge in [-0.3, -0.25) is 9.59 Å². The maximum absolute atomic E-state index is 13.2. The van der Waals surface area contributed by atoms with Crippen LogP contribution in [0.2, 0.25) is 0 Å². The van der Waals surface area contributed by atoms with E-state index in [4.69, 9.17) is 4.74 Å². The molecule has 0 bridgehead atoms. The van der Waals surface area contributed by atoms with Crippen molar-refractivity contribution in [2.45, 2.75) is 322 Å². The zero-order chi connectivity index (χ0) is 45.9. The Balaban J connectivity index is 4.49. The predicted octanol–water partition coefficient (Wildman–Crippen LogP) is 17.1. The molecular formula is C57H109NO5. The zero-order valence-corrected chi connectivity index (χ0v) is 42.5. The van der Waals surface area contributed by atoms with Crippen LogP contribution in [0.5, 0.6) is 0 Å². The Morgan fingerprint density at radius 1 is 0.460 bits per heavy atom. The van der Waals surface area contributed by atoms with Crippen LogP contribution < -0.4 is 5.32 Å². The molecule has 0 saturated heterocycles. The Kier molecular flexibility index (Phi) is 50.0. The van der Waals surface area contributed by atoms with Crippen LogP contribution in [0, 0.1) is 0 Å². The molecule has 0 saturated carbocycles. The average Bonchev–Trinajstić information content (AvgIpc) is 3.28. The molecule has 3 unspecified atom stereocenters. The summed E-state index contributed by atoms with van der Waals surface area (Å²) in [5.74, 6) is -0.465. The summed E-state index contributed by atoms with van der Waals surface area (Å²) < 4.78 is 5.95. The number of rotatable bonds is 51. The van der Waals surface area contributed by atoms with E-state index < -0.39 is 18.2 Å². The molecule has 0 aliphatic rings. The molecule has 0 aromatic carbocycles. The van der Waals surface area contributed by atoms with Gasteiger partial charge in [-0.25, -0.2) is 0 Å². The van der Waals surface area contributed by atoms with E-state index in [2.05, 4.69) is 50.4 Å². The maximum atomic E-state index is 13.2. The first kappa shape index (κ1) is 61.3. The minimum atomic E-state index is -0.785. The van der Waals surface area contributed by atoms with Crippen LogP contribution in [-0.2, 0) is 14.3 Å². The molecule has 6 heteroatoms. The third-order valence-corrected chi connectivity index (χ3v) is 13.0. The fraction of sp³-hybridized carbons (Fsp3) is 0.895. The molecule has 3 atom stereocenters. The first-order valence-corrected chi connectivity index (χ1v) is 28.1. The lowest BCUT2D eigenvalue weighted by Gasteiger charge is -2.24. The minimum absolute atomic E-state index is 0.0802. The van der Waals surface area contributed by atoms with Crippen molar-refractivity contribution in [3.05, 3.63) is 24.3 Å². The van der Waals surface area contributed by atoms with Crippen molar-refractivity contribution >= 4 is 11.9 Å². The number of allylic oxidation sites excluding steroid dienone is 4. The highest BCUT2D eigenvalue weighted by molar-refractivity contribution is 5.77. The number of unbranched alkanes of at least 4 members (excludes halogenated alkanes) is 35. The lowest BCUT2D eigenvalue weighted by atomic mass is 10.0. The summed E-state index contributed by atoms with van der Waals surface area (Å²) in [6.07, 6.45) is 59.5. The molecular weight excluding hydrogens is 779 g/mol. The summed E-state index contributed by atoms with van der Waals surface area (Å²) in [5, 5.41) is 23.8. The molecule has 0 aromatic rings. The molecule has 0 spiro atoms. The van der Waals surface area contributed by atoms with E-state index in [0.717, 1.165) is 57.8 Å². The molecule has 0 radical (unpaired) electrons. The van der Waals surface area contributed by atoms with Crippen molar-refractivity contribution in [1.29, 1.82) is 0 Å². The predicted molar refractivity (Wildman–Crippen MR) is 273 cm³/mol. The van der Waals surface area contributed by atoms with Gasteiger partial charge in [-0.05, 0) is 57.8 Å². The van der Waals surface area contributed by atoms with Gasteiger partial charge in [0.1, 0.15) is 6.10 Å². The van der Waals surface area contributed by atoms with Gasteiger partial charge >= 0.3 is 5.97 Å². The Morgan fingerprint density at radius 3 is 1.24 bits per heavy atom. The Labute approximate surface area is 392 Å². The van der Waals surface area contributed by atoms with Gasteiger partial charge in [0.05, 0.1) is 25.2 Å². The van der Waals surface area contributed by atoms with Crippen LogP contribution in [-0.4, -0.2) is 46.9 Å². The van der Waals surface area contributed by atoms with E-state index in [1.807, 2.05) is 0 Å². The zero-order valence-electron chi connectivity index (χ0n) is 42.5. The monoisotopic (exact) mass is 888 g/mol. The number of ether oxygens (including phenoxy) is 1. The van der Waals surface area contributed by atoms with Crippen molar-refractivity contribution in [3.63, 3.8) is 0 Å². The third kappa shape index (κ3) is 46.7. The maximum Gasteiger partial charge on any atom is 0.306 e. The first-order valence-electron chi connectivity index (χ1n) is 28.1. The fourth-order valence-electron chi connectivity index (χ4n) is 8.76. The average molecular weight is 889 g/mol. The van der Waals surface area contributed by atoms with Crippen LogP contribution in [0.1, 0.15) is 303 Å². The van der Waals surface area contributed by atoms with Crippen LogP contribution in [0.3, 0.4) is 0 Å². The lowest BCUT2D eigenvalue weighted by Crippen LogP contribution is -2.46. The van der Waals surface area contributed by atoms with Crippen LogP contribution in [0.4, 0.5) is 0 Å². The molecule has 0 rings (SSSR count). The SMILES string of the molecule is CCCCC/C=C\C/C=C\CCCCCCCCCC(=O)OC(CCCCCCCCCCCCCC)CC(=O)NC(CO)C(O)CCCCCCCCCCCCCCCCC. The van der Waals surface area contributed by atoms with E-state index in [0.29, 0.717) is 19.3 Å². The number of carbonyl (C=O) groups excluding carboxylic acids is 2. The van der Waals surface area contributed by atoms with Crippen LogP contribution in [0.15, 0.2) is 24.3 Å². The number of aliphatic hydroxyl groups excluding tert-OH is 2. The van der Waals surface area contributed by atoms with Gasteiger partial charge < -0.3 is 20.3 Å². The van der Waals surface area contributed by atoms with E-state index in [1.165, 1.54) is 199 Å². The van der Waals surface area contributed by atoms with Gasteiger partial charge in [0, 0.05) is 6.42 Å². The van der Waals surface area contributed by atoms with Gasteiger partial charge in [-0.1, -0.05) is 257 Å². The summed E-state index contributed by atoms with van der Waals surface area (Å²) in [5.41, 5.74) is 0. The van der Waals surface area contributed by atoms with Gasteiger partial charge in [0.2, 0.25) is 5.91 Å². The summed E-state index contributed by atoms with van der Waals surface area (Å²) in [7, 11) is 0. The number of esters is 1. The Morgan fingerprint density at radius 2 is 0.810 bits per heavy atom. The molecule has 63 heavy (non-hydrogen) atoms. The molecule has 0 fully saturated rings. The van der Waals surface area contributed by atoms with E-state index >= 15 is 0 Å². The number of nitrogens with one attached hydrogen (secondary N) is 1. The standard InChI is InChI=1S/C57H109NO5/c1-4-7-10-13-16-19-22-25-27-28-30-32-35-38-41-44-47-50-57(62)63-53(48-45-42-39-36-33-24-21-18-15-12-9-6-3)51-56(61)58-54(52-59)55(60)49-46-43-40-37-34-31-29-26-23-20-17-14-11-8-5-2/h16,19,25,27,53-55,59-60H,4-15,17-18,20-24,26,28-52H2,1-3H3,(H,58,61)/b19-16-,27-25-. The smallest absolute Gasteiger partial charge is 0.306 e. The van der Waals surface area contributed by atoms with Gasteiger partial charge in [0.25, 0.3) is 0 Å². The molecule has 6 nitrogen and oxygen atoms in total. The molecule has 0 aliphatic heterocycles. The molecule has 0 aromatic heterocycles. The number of amides is 1. The van der Waals surface area contributed by atoms with E-state index in [9.17, 15) is 19.8 Å². The highest BCUT2D eigenvalue weighted by atomic mass is 16.5. The fourth-order valence-corrected chi connectivity index (χ4v) is 8.76. The lowest BCUT2D eigenvalue weighted by molar-refractivity contribution is -0.151. The second-order valence-corrected chi connectivity index (χ2v) is 19.3. The van der Waals surface area contributed by atoms with Gasteiger partial charge in [0.15, 0.2) is 0 Å². The second kappa shape index (κ2) is 51.3. The molecule has 1 amide bonds. The molecule has 3 N–H and O–H groups in total. The number of hydrogen-bond donors (Lipinski definition) is 3. The van der Waals surface area contributed by atoms with Crippen LogP contribution in [0.25, 0.3) is 0 Å². The van der Waals surface area contributed by atoms with Crippen molar-refractivity contribution in [3.8, 4) is 0 Å². The third-order valence-electron chi connectivity index (χ3n) is 13.0. The van der Waals surface area contributed by atoms with E-state index in [-0.39, 0.29) is 24.9 Å². The Hall–Kier alpha value is -1.66. The Bertz CT molecular complexity index is 997. The van der Waals surface area contributed by atoms with E-state index in [1.54, 1.807) is 0 Å².